The summed E-state index contributed by atoms with van der Waals surface area (Å²) < 4.78 is 11.3. The largest absolute Gasteiger partial charge is 0.445 e. The fourth-order valence-electron chi connectivity index (χ4n) is 4.06. The number of aromatic nitrogens is 1. The molecule has 1 aromatic heterocycles. The lowest BCUT2D eigenvalue weighted by atomic mass is 9.68. The van der Waals surface area contributed by atoms with Crippen LogP contribution in [-0.4, -0.2) is 36.1 Å². The average molecular weight is 354 g/mol. The van der Waals surface area contributed by atoms with Crippen molar-refractivity contribution >= 4 is 5.91 Å². The van der Waals surface area contributed by atoms with E-state index in [0.717, 1.165) is 55.9 Å². The average Bonchev–Trinajstić information content (AvgIpc) is 3.05. The van der Waals surface area contributed by atoms with Crippen LogP contribution in [0.15, 0.2) is 34.7 Å². The monoisotopic (exact) mass is 354 g/mol. The lowest BCUT2D eigenvalue weighted by Gasteiger charge is -2.43. The summed E-state index contributed by atoms with van der Waals surface area (Å²) in [6.07, 6.45) is 5.44. The maximum atomic E-state index is 13.0. The van der Waals surface area contributed by atoms with Gasteiger partial charge in [0.2, 0.25) is 5.91 Å². The second-order valence-corrected chi connectivity index (χ2v) is 7.51. The molecule has 2 aromatic rings. The Morgan fingerprint density at radius 2 is 2.08 bits per heavy atom. The number of nitrogens with zero attached hydrogens (tertiary/aromatic N) is 2. The van der Waals surface area contributed by atoms with Gasteiger partial charge in [0.1, 0.15) is 11.5 Å². The van der Waals surface area contributed by atoms with E-state index in [0.29, 0.717) is 19.7 Å². The summed E-state index contributed by atoms with van der Waals surface area (Å²) >= 11 is 0. The summed E-state index contributed by atoms with van der Waals surface area (Å²) in [6, 6.07) is 10.4. The van der Waals surface area contributed by atoms with Crippen LogP contribution in [0, 0.1) is 5.41 Å². The minimum Gasteiger partial charge on any atom is -0.445 e. The van der Waals surface area contributed by atoms with E-state index in [1.807, 2.05) is 11.0 Å². The molecule has 0 atom stereocenters. The highest BCUT2D eigenvalue weighted by Gasteiger charge is 2.47. The third-order valence-corrected chi connectivity index (χ3v) is 5.71. The number of carbonyl (C=O) groups excluding carboxylic acids is 1. The van der Waals surface area contributed by atoms with E-state index in [4.69, 9.17) is 9.15 Å². The molecule has 0 N–H and O–H groups in total. The molecule has 0 bridgehead atoms. The molecule has 1 amide bonds. The number of ether oxygens (including phenoxy) is 1. The molecule has 1 aliphatic carbocycles. The normalized spacial score (nSPS) is 18.3. The van der Waals surface area contributed by atoms with Crippen LogP contribution in [-0.2, 0) is 35.3 Å². The van der Waals surface area contributed by atoms with Gasteiger partial charge in [-0.1, -0.05) is 36.8 Å². The van der Waals surface area contributed by atoms with Crippen molar-refractivity contribution in [1.82, 2.24) is 9.88 Å². The minimum atomic E-state index is -0.299. The van der Waals surface area contributed by atoms with Gasteiger partial charge in [-0.15, -0.1) is 0 Å². The van der Waals surface area contributed by atoms with Crippen molar-refractivity contribution in [1.29, 1.82) is 0 Å². The Hall–Kier alpha value is -2.14. The Labute approximate surface area is 154 Å². The van der Waals surface area contributed by atoms with Gasteiger partial charge in [-0.05, 0) is 24.8 Å². The zero-order valence-electron chi connectivity index (χ0n) is 15.4. The van der Waals surface area contributed by atoms with Gasteiger partial charge in [-0.3, -0.25) is 4.79 Å². The molecule has 0 unspecified atom stereocenters. The smallest absolute Gasteiger partial charge is 0.231 e. The molecule has 4 rings (SSSR count). The summed E-state index contributed by atoms with van der Waals surface area (Å²) in [6.45, 7) is 1.80. The Morgan fingerprint density at radius 1 is 1.27 bits per heavy atom. The lowest BCUT2D eigenvalue weighted by Crippen LogP contribution is -2.51. The molecule has 0 saturated heterocycles. The molecular weight excluding hydrogens is 328 g/mol. The predicted octanol–water partition coefficient (Wildman–Crippen LogP) is 3.16. The molecule has 0 radical (unpaired) electrons. The zero-order valence-corrected chi connectivity index (χ0v) is 15.4. The standard InChI is InChI=1S/C21H26N2O3/c1-25-15-21(11-5-12-21)20(24)23-13-10-18-17(14-23)22-19(26-18)9-8-16-6-3-2-4-7-16/h2-4,6-7H,5,8-15H2,1H3. The molecule has 2 aliphatic rings. The number of hydrogen-bond acceptors (Lipinski definition) is 4. The molecular formula is C21H26N2O3. The van der Waals surface area contributed by atoms with Crippen molar-refractivity contribution in [3.8, 4) is 0 Å². The molecule has 1 aromatic carbocycles. The van der Waals surface area contributed by atoms with E-state index in [1.54, 1.807) is 7.11 Å². The summed E-state index contributed by atoms with van der Waals surface area (Å²) in [5.74, 6) is 1.96. The first-order valence-electron chi connectivity index (χ1n) is 9.50. The number of methoxy groups -OCH3 is 1. The summed E-state index contributed by atoms with van der Waals surface area (Å²) in [7, 11) is 1.68. The first kappa shape index (κ1) is 17.3. The second kappa shape index (κ2) is 7.23. The summed E-state index contributed by atoms with van der Waals surface area (Å²) in [5.41, 5.74) is 1.91. The quantitative estimate of drug-likeness (QED) is 0.800. The molecule has 5 heteroatoms. The van der Waals surface area contributed by atoms with Crippen LogP contribution in [0.1, 0.15) is 42.2 Å². The van der Waals surface area contributed by atoms with E-state index >= 15 is 0 Å². The SMILES string of the molecule is COCC1(C(=O)N2CCc3oc(CCc4ccccc4)nc3C2)CCC1. The van der Waals surface area contributed by atoms with E-state index < -0.39 is 0 Å². The number of aryl methyl sites for hydroxylation is 2. The fourth-order valence-corrected chi connectivity index (χ4v) is 4.06. The highest BCUT2D eigenvalue weighted by molar-refractivity contribution is 5.84. The first-order valence-corrected chi connectivity index (χ1v) is 9.50. The topological polar surface area (TPSA) is 55.6 Å². The third-order valence-electron chi connectivity index (χ3n) is 5.71. The number of amides is 1. The van der Waals surface area contributed by atoms with Gasteiger partial charge in [0.25, 0.3) is 0 Å². The maximum Gasteiger partial charge on any atom is 0.231 e. The Kier molecular flexibility index (Phi) is 4.81. The van der Waals surface area contributed by atoms with Crippen LogP contribution in [0.3, 0.4) is 0 Å². The number of hydrogen-bond donors (Lipinski definition) is 0. The van der Waals surface area contributed by atoms with Crippen molar-refractivity contribution in [3.05, 3.63) is 53.2 Å². The van der Waals surface area contributed by atoms with Crippen molar-refractivity contribution in [2.75, 3.05) is 20.3 Å². The van der Waals surface area contributed by atoms with Crippen molar-refractivity contribution in [2.24, 2.45) is 5.41 Å². The highest BCUT2D eigenvalue weighted by atomic mass is 16.5. The molecule has 138 valence electrons. The number of rotatable bonds is 6. The minimum absolute atomic E-state index is 0.227. The van der Waals surface area contributed by atoms with E-state index in [-0.39, 0.29) is 11.3 Å². The summed E-state index contributed by atoms with van der Waals surface area (Å²) in [4.78, 5) is 19.6. The van der Waals surface area contributed by atoms with Gasteiger partial charge in [0, 0.05) is 26.5 Å². The molecule has 1 fully saturated rings. The van der Waals surface area contributed by atoms with Crippen molar-refractivity contribution < 1.29 is 13.9 Å². The van der Waals surface area contributed by atoms with E-state index in [9.17, 15) is 4.79 Å². The van der Waals surface area contributed by atoms with E-state index in [2.05, 4.69) is 29.2 Å². The Morgan fingerprint density at radius 3 is 2.77 bits per heavy atom. The molecule has 0 spiro atoms. The fraction of sp³-hybridized carbons (Fsp3) is 0.524. The molecule has 1 aliphatic heterocycles. The van der Waals surface area contributed by atoms with Gasteiger partial charge in [0.15, 0.2) is 5.89 Å². The number of benzene rings is 1. The van der Waals surface area contributed by atoms with Crippen LogP contribution in [0.2, 0.25) is 0 Å². The summed E-state index contributed by atoms with van der Waals surface area (Å²) in [5, 5.41) is 0. The third kappa shape index (κ3) is 3.28. The van der Waals surface area contributed by atoms with Gasteiger partial charge in [-0.25, -0.2) is 4.98 Å². The van der Waals surface area contributed by atoms with Crippen LogP contribution >= 0.6 is 0 Å². The van der Waals surface area contributed by atoms with Gasteiger partial charge >= 0.3 is 0 Å². The number of carbonyl (C=O) groups is 1. The molecule has 5 nitrogen and oxygen atoms in total. The van der Waals surface area contributed by atoms with E-state index in [1.165, 1.54) is 5.56 Å². The van der Waals surface area contributed by atoms with Gasteiger partial charge in [0.05, 0.1) is 18.6 Å². The maximum absolute atomic E-state index is 13.0. The van der Waals surface area contributed by atoms with Crippen LogP contribution in [0.5, 0.6) is 0 Å². The molecule has 1 saturated carbocycles. The Bertz CT molecular complexity index is 765. The molecule has 26 heavy (non-hydrogen) atoms. The zero-order chi connectivity index (χ0) is 18.0. The molecule has 2 heterocycles. The lowest BCUT2D eigenvalue weighted by molar-refractivity contribution is -0.153. The van der Waals surface area contributed by atoms with Crippen LogP contribution in [0.25, 0.3) is 0 Å². The predicted molar refractivity (Wildman–Crippen MR) is 97.6 cm³/mol. The second-order valence-electron chi connectivity index (χ2n) is 7.51. The van der Waals surface area contributed by atoms with Crippen molar-refractivity contribution in [2.45, 2.75) is 45.1 Å². The van der Waals surface area contributed by atoms with Crippen molar-refractivity contribution in [3.63, 3.8) is 0 Å². The van der Waals surface area contributed by atoms with Crippen LogP contribution < -0.4 is 0 Å². The van der Waals surface area contributed by atoms with Gasteiger partial charge < -0.3 is 14.1 Å². The first-order chi connectivity index (χ1) is 12.7. The number of oxazole rings is 1. The highest BCUT2D eigenvalue weighted by Crippen LogP contribution is 2.43. The van der Waals surface area contributed by atoms with Crippen LogP contribution in [0.4, 0.5) is 0 Å². The number of fused-ring (bicyclic) bond motifs is 1. The Balaban J connectivity index is 1.41. The van der Waals surface area contributed by atoms with Gasteiger partial charge in [-0.2, -0.15) is 0 Å².